The number of likely N-dealkylation sites (tertiary alicyclic amines) is 1. The Morgan fingerprint density at radius 2 is 2.00 bits per heavy atom. The molecule has 0 aliphatic carbocycles. The van der Waals surface area contributed by atoms with Gasteiger partial charge in [-0.1, -0.05) is 48.2 Å². The van der Waals surface area contributed by atoms with Crippen LogP contribution in [-0.2, 0) is 16.0 Å². The number of aryl methyl sites for hydroxylation is 1. The summed E-state index contributed by atoms with van der Waals surface area (Å²) in [7, 11) is 0. The van der Waals surface area contributed by atoms with Crippen LogP contribution in [0.5, 0.6) is 11.6 Å². The Kier molecular flexibility index (Phi) is 10.4. The lowest BCUT2D eigenvalue weighted by Crippen LogP contribution is -2.47. The van der Waals surface area contributed by atoms with E-state index in [0.717, 1.165) is 28.1 Å². The number of nitrogens with zero attached hydrogens (tertiary/aromatic N) is 6. The second-order valence-electron chi connectivity index (χ2n) is 12.8. The average Bonchev–Trinajstić information content (AvgIpc) is 3.98. The molecule has 7 rings (SSSR count). The first-order valence-corrected chi connectivity index (χ1v) is 18.2. The molecule has 2 aromatic carbocycles. The number of benzene rings is 2. The standard InChI is InChI=1S/C39H38N8O5S/c1-24(26-13-15-27(16-14-26)36-25(2)41-23-53-36)42-38(50)32-11-8-17-47(32)35(49)20-29-19-34(45-52-29)51-18-7-3-4-9-28-21-46-22-31(43-39(46)44-37(28)40)30-10-5-6-12-33(30)48/h5-6,10,12-16,19,21-24,32,48H,3,7-8,11,17-18,20H2,1-2H3,(H,42,50)(H2,40,43,44). The van der Waals surface area contributed by atoms with Crippen LogP contribution < -0.4 is 15.8 Å². The smallest absolute Gasteiger partial charge is 0.254 e. The fraction of sp³-hybridized carbons (Fsp3) is 0.282. The van der Waals surface area contributed by atoms with E-state index >= 15 is 0 Å². The van der Waals surface area contributed by atoms with E-state index in [1.54, 1.807) is 57.3 Å². The third-order valence-corrected chi connectivity index (χ3v) is 10.1. The van der Waals surface area contributed by atoms with Crippen molar-refractivity contribution < 1.29 is 24.0 Å². The Balaban J connectivity index is 0.866. The maximum atomic E-state index is 13.3. The molecule has 0 bridgehead atoms. The number of ether oxygens (including phenoxy) is 1. The second kappa shape index (κ2) is 15.6. The number of anilines is 1. The summed E-state index contributed by atoms with van der Waals surface area (Å²) in [5, 5.41) is 17.2. The third-order valence-electron chi connectivity index (χ3n) is 9.09. The summed E-state index contributed by atoms with van der Waals surface area (Å²) in [5.41, 5.74) is 12.8. The molecular weight excluding hydrogens is 693 g/mol. The van der Waals surface area contributed by atoms with Gasteiger partial charge in [0.1, 0.15) is 23.4 Å². The van der Waals surface area contributed by atoms with Crippen LogP contribution in [0.2, 0.25) is 0 Å². The van der Waals surface area contributed by atoms with Crippen LogP contribution in [0.15, 0.2) is 77.0 Å². The van der Waals surface area contributed by atoms with E-state index in [0.29, 0.717) is 60.8 Å². The highest BCUT2D eigenvalue weighted by Gasteiger charge is 2.35. The van der Waals surface area contributed by atoms with Crippen LogP contribution in [0.3, 0.4) is 0 Å². The number of carbonyl (C=O) groups is 2. The zero-order valence-corrected chi connectivity index (χ0v) is 30.1. The van der Waals surface area contributed by atoms with Gasteiger partial charge in [-0.3, -0.25) is 14.0 Å². The van der Waals surface area contributed by atoms with Gasteiger partial charge in [-0.15, -0.1) is 11.3 Å². The zero-order valence-electron chi connectivity index (χ0n) is 29.3. The predicted octanol–water partition coefficient (Wildman–Crippen LogP) is 5.73. The first kappa shape index (κ1) is 35.2. The van der Waals surface area contributed by atoms with Crippen molar-refractivity contribution in [2.24, 2.45) is 0 Å². The number of fused-ring (bicyclic) bond motifs is 1. The van der Waals surface area contributed by atoms with E-state index in [4.69, 9.17) is 15.0 Å². The monoisotopic (exact) mass is 730 g/mol. The Morgan fingerprint density at radius 3 is 2.79 bits per heavy atom. The Morgan fingerprint density at radius 1 is 1.17 bits per heavy atom. The number of phenols is 1. The summed E-state index contributed by atoms with van der Waals surface area (Å²) in [4.78, 5) is 42.5. The first-order chi connectivity index (χ1) is 25.7. The number of rotatable bonds is 11. The number of amides is 2. The highest BCUT2D eigenvalue weighted by atomic mass is 32.1. The van der Waals surface area contributed by atoms with E-state index in [9.17, 15) is 14.7 Å². The molecule has 1 fully saturated rings. The summed E-state index contributed by atoms with van der Waals surface area (Å²) in [6.45, 7) is 4.78. The van der Waals surface area contributed by atoms with Gasteiger partial charge in [-0.05, 0) is 61.5 Å². The van der Waals surface area contributed by atoms with Gasteiger partial charge in [0, 0.05) is 37.0 Å². The number of unbranched alkanes of at least 4 members (excludes halogenated alkanes) is 1. The lowest BCUT2D eigenvalue weighted by atomic mass is 10.0. The molecular formula is C39H38N8O5S. The van der Waals surface area contributed by atoms with Crippen molar-refractivity contribution in [1.82, 2.24) is 34.7 Å². The van der Waals surface area contributed by atoms with Gasteiger partial charge in [-0.25, -0.2) is 9.97 Å². The van der Waals surface area contributed by atoms with Crippen molar-refractivity contribution >= 4 is 34.7 Å². The molecule has 14 heteroatoms. The highest BCUT2D eigenvalue weighted by molar-refractivity contribution is 7.13. The molecule has 1 saturated heterocycles. The molecule has 4 aromatic heterocycles. The molecule has 4 N–H and O–H groups in total. The van der Waals surface area contributed by atoms with Crippen molar-refractivity contribution in [3.63, 3.8) is 0 Å². The zero-order chi connectivity index (χ0) is 36.9. The third kappa shape index (κ3) is 8.00. The van der Waals surface area contributed by atoms with Crippen molar-refractivity contribution in [3.05, 3.63) is 95.1 Å². The van der Waals surface area contributed by atoms with E-state index < -0.39 is 6.04 Å². The summed E-state index contributed by atoms with van der Waals surface area (Å²) >= 11 is 1.60. The van der Waals surface area contributed by atoms with Crippen molar-refractivity contribution in [3.8, 4) is 45.2 Å². The molecule has 1 aliphatic heterocycles. The molecule has 2 unspecified atom stereocenters. The lowest BCUT2D eigenvalue weighted by molar-refractivity contribution is -0.138. The van der Waals surface area contributed by atoms with Crippen LogP contribution in [0, 0.1) is 18.8 Å². The van der Waals surface area contributed by atoms with Gasteiger partial charge in [0.15, 0.2) is 0 Å². The van der Waals surface area contributed by atoms with Gasteiger partial charge in [0.25, 0.3) is 5.88 Å². The summed E-state index contributed by atoms with van der Waals surface area (Å²) in [5.74, 6) is 7.23. The van der Waals surface area contributed by atoms with Crippen molar-refractivity contribution in [2.75, 3.05) is 18.9 Å². The number of thiazole rings is 1. The molecule has 1 aliphatic rings. The molecule has 13 nitrogen and oxygen atoms in total. The van der Waals surface area contributed by atoms with Gasteiger partial charge < -0.3 is 30.3 Å². The molecule has 0 spiro atoms. The topological polar surface area (TPSA) is 174 Å². The Labute approximate surface area is 309 Å². The molecule has 5 heterocycles. The molecule has 270 valence electrons. The van der Waals surface area contributed by atoms with E-state index in [-0.39, 0.29) is 41.7 Å². The maximum Gasteiger partial charge on any atom is 0.254 e. The Bertz CT molecular complexity index is 2320. The average molecular weight is 731 g/mol. The molecule has 0 saturated carbocycles. The van der Waals surface area contributed by atoms with Gasteiger partial charge in [-0.2, -0.15) is 4.98 Å². The molecule has 53 heavy (non-hydrogen) atoms. The predicted molar refractivity (Wildman–Crippen MR) is 200 cm³/mol. The molecule has 2 amide bonds. The number of aromatic hydroxyl groups is 1. The fourth-order valence-corrected chi connectivity index (χ4v) is 7.09. The number of imidazole rings is 1. The number of aromatic nitrogens is 5. The minimum atomic E-state index is -0.543. The van der Waals surface area contributed by atoms with Gasteiger partial charge >= 0.3 is 0 Å². The molecule has 6 aromatic rings. The van der Waals surface area contributed by atoms with E-state index in [1.165, 1.54) is 0 Å². The van der Waals surface area contributed by atoms with Crippen molar-refractivity contribution in [1.29, 1.82) is 0 Å². The van der Waals surface area contributed by atoms with Crippen LogP contribution in [-0.4, -0.2) is 65.5 Å². The Hall–Kier alpha value is -6.20. The van der Waals surface area contributed by atoms with E-state index in [2.05, 4.69) is 37.3 Å². The van der Waals surface area contributed by atoms with E-state index in [1.807, 2.05) is 49.7 Å². The van der Waals surface area contributed by atoms with Crippen molar-refractivity contribution in [2.45, 2.75) is 58.0 Å². The highest BCUT2D eigenvalue weighted by Crippen LogP contribution is 2.30. The van der Waals surface area contributed by atoms with Crippen LogP contribution >= 0.6 is 11.3 Å². The number of para-hydroxylation sites is 1. The van der Waals surface area contributed by atoms with Crippen LogP contribution in [0.1, 0.15) is 61.2 Å². The fourth-order valence-electron chi connectivity index (χ4n) is 6.27. The number of hydrogen-bond donors (Lipinski definition) is 3. The van der Waals surface area contributed by atoms with Crippen LogP contribution in [0.25, 0.3) is 27.5 Å². The maximum absolute atomic E-state index is 13.3. The molecule has 0 radical (unpaired) electrons. The number of nitrogens with one attached hydrogen (secondary N) is 1. The summed E-state index contributed by atoms with van der Waals surface area (Å²) in [6.07, 6.45) is 6.00. The van der Waals surface area contributed by atoms with Crippen LogP contribution in [0.4, 0.5) is 5.82 Å². The molecule has 2 atom stereocenters. The quantitative estimate of drug-likeness (QED) is 0.110. The number of carbonyl (C=O) groups excluding carboxylic acids is 2. The summed E-state index contributed by atoms with van der Waals surface area (Å²) < 4.78 is 12.8. The number of phenolic OH excluding ortho intramolecular Hbond substituents is 1. The minimum Gasteiger partial charge on any atom is -0.507 e. The largest absolute Gasteiger partial charge is 0.507 e. The SMILES string of the molecule is Cc1ncsc1-c1ccc(C(C)NC(=O)C2CCCN2C(=O)Cc2cc(OCCCC#Cc3cn4cc(-c5ccccc5O)nc4nc3N)no2)cc1. The van der Waals surface area contributed by atoms with Gasteiger partial charge in [0.2, 0.25) is 17.6 Å². The number of hydrogen-bond acceptors (Lipinski definition) is 11. The van der Waals surface area contributed by atoms with Gasteiger partial charge in [0.05, 0.1) is 46.4 Å². The normalized spacial score (nSPS) is 14.5. The summed E-state index contributed by atoms with van der Waals surface area (Å²) in [6, 6.07) is 15.9. The first-order valence-electron chi connectivity index (χ1n) is 17.3. The lowest BCUT2D eigenvalue weighted by Gasteiger charge is -2.25. The number of nitrogens with two attached hydrogens (primary N) is 1. The second-order valence-corrected chi connectivity index (χ2v) is 13.7. The number of nitrogen functional groups attached to an aromatic ring is 1. The minimum absolute atomic E-state index is 0.0235.